The number of aromatic nitrogens is 2. The first kappa shape index (κ1) is 20.9. The molecule has 0 bridgehead atoms. The molecule has 0 fully saturated rings. The smallest absolute Gasteiger partial charge is 0.275 e. The lowest BCUT2D eigenvalue weighted by molar-refractivity contribution is 0.601. The number of fused-ring (bicyclic) bond motifs is 1. The molecular formula is C24H25N3O3S. The van der Waals surface area contributed by atoms with Gasteiger partial charge in [0.15, 0.2) is 0 Å². The Morgan fingerprint density at radius 2 is 1.55 bits per heavy atom. The van der Waals surface area contributed by atoms with Crippen LogP contribution in [0.25, 0.3) is 16.5 Å². The Morgan fingerprint density at radius 1 is 0.903 bits per heavy atom. The molecule has 160 valence electrons. The zero-order chi connectivity index (χ0) is 22.3. The number of hydrogen-bond acceptors (Lipinski definition) is 3. The van der Waals surface area contributed by atoms with Crippen LogP contribution >= 0.6 is 0 Å². The Labute approximate surface area is 181 Å². The maximum atomic E-state index is 13.0. The monoisotopic (exact) mass is 435 g/mol. The van der Waals surface area contributed by atoms with E-state index in [0.29, 0.717) is 11.4 Å². The maximum absolute atomic E-state index is 13.0. The minimum Gasteiger partial charge on any atom is -0.285 e. The summed E-state index contributed by atoms with van der Waals surface area (Å²) in [5.74, 6) is 0.101. The Hall–Kier alpha value is -3.32. The van der Waals surface area contributed by atoms with E-state index in [1.807, 2.05) is 64.2 Å². The second-order valence-electron chi connectivity index (χ2n) is 7.92. The Morgan fingerprint density at radius 3 is 2.19 bits per heavy atom. The van der Waals surface area contributed by atoms with Crippen molar-refractivity contribution in [1.82, 2.24) is 9.36 Å². The lowest BCUT2D eigenvalue weighted by Crippen LogP contribution is -2.21. The third kappa shape index (κ3) is 3.65. The highest BCUT2D eigenvalue weighted by Crippen LogP contribution is 2.26. The second kappa shape index (κ2) is 7.74. The van der Waals surface area contributed by atoms with Crippen molar-refractivity contribution in [3.63, 3.8) is 0 Å². The van der Waals surface area contributed by atoms with E-state index in [0.717, 1.165) is 22.0 Å². The van der Waals surface area contributed by atoms with Gasteiger partial charge in [0.05, 0.1) is 16.3 Å². The van der Waals surface area contributed by atoms with Gasteiger partial charge in [0.1, 0.15) is 0 Å². The summed E-state index contributed by atoms with van der Waals surface area (Å²) in [6.07, 6.45) is 0. The second-order valence-corrected chi connectivity index (χ2v) is 9.60. The molecule has 0 saturated heterocycles. The lowest BCUT2D eigenvalue weighted by Gasteiger charge is -2.12. The van der Waals surface area contributed by atoms with Gasteiger partial charge in [0.25, 0.3) is 15.6 Å². The minimum atomic E-state index is -3.78. The largest absolute Gasteiger partial charge is 0.285 e. The number of nitrogens with one attached hydrogen (secondary N) is 1. The molecule has 0 spiro atoms. The van der Waals surface area contributed by atoms with Crippen molar-refractivity contribution in [1.29, 1.82) is 0 Å². The molecule has 4 aromatic rings. The minimum absolute atomic E-state index is 0.0838. The molecule has 0 aliphatic heterocycles. The van der Waals surface area contributed by atoms with Gasteiger partial charge in [-0.3, -0.25) is 14.2 Å². The summed E-state index contributed by atoms with van der Waals surface area (Å²) in [5.41, 5.74) is 2.72. The van der Waals surface area contributed by atoms with Crippen LogP contribution in [-0.2, 0) is 17.1 Å². The van der Waals surface area contributed by atoms with Crippen LogP contribution in [0.2, 0.25) is 0 Å². The third-order valence-electron chi connectivity index (χ3n) is 5.60. The van der Waals surface area contributed by atoms with Crippen molar-refractivity contribution in [3.8, 4) is 5.69 Å². The quantitative estimate of drug-likeness (QED) is 0.499. The predicted molar refractivity (Wildman–Crippen MR) is 125 cm³/mol. The van der Waals surface area contributed by atoms with Crippen molar-refractivity contribution < 1.29 is 8.42 Å². The molecule has 3 aromatic carbocycles. The van der Waals surface area contributed by atoms with Crippen LogP contribution in [0, 0.1) is 6.92 Å². The number of rotatable bonds is 5. The van der Waals surface area contributed by atoms with Crippen LogP contribution in [0.1, 0.15) is 31.0 Å². The van der Waals surface area contributed by atoms with E-state index in [9.17, 15) is 13.2 Å². The first-order chi connectivity index (χ1) is 14.7. The van der Waals surface area contributed by atoms with E-state index < -0.39 is 10.0 Å². The normalized spacial score (nSPS) is 11.9. The van der Waals surface area contributed by atoms with Gasteiger partial charge >= 0.3 is 0 Å². The van der Waals surface area contributed by atoms with E-state index in [2.05, 4.69) is 4.72 Å². The van der Waals surface area contributed by atoms with Gasteiger partial charge in [-0.25, -0.2) is 13.1 Å². The fourth-order valence-electron chi connectivity index (χ4n) is 3.97. The van der Waals surface area contributed by atoms with E-state index in [1.165, 1.54) is 12.1 Å². The molecule has 0 amide bonds. The lowest BCUT2D eigenvalue weighted by atomic mass is 10.0. The van der Waals surface area contributed by atoms with E-state index >= 15 is 0 Å². The van der Waals surface area contributed by atoms with Gasteiger partial charge in [0.2, 0.25) is 0 Å². The summed E-state index contributed by atoms with van der Waals surface area (Å²) in [7, 11) is -1.96. The summed E-state index contributed by atoms with van der Waals surface area (Å²) in [5, 5.41) is 1.79. The standard InChI is InChI=1S/C24H25N3O3S/c1-16(2)23-17(3)26(4)27(24(23)28)19-12-14-20(15-13-19)31(29,30)25-22-11-7-9-18-8-5-6-10-21(18)22/h5-16,25H,1-4H3. The Balaban J connectivity index is 1.70. The summed E-state index contributed by atoms with van der Waals surface area (Å²) in [6, 6.07) is 19.5. The van der Waals surface area contributed by atoms with Gasteiger partial charge in [-0.05, 0) is 48.6 Å². The fourth-order valence-corrected chi connectivity index (χ4v) is 5.05. The molecule has 0 atom stereocenters. The van der Waals surface area contributed by atoms with Crippen molar-refractivity contribution >= 4 is 26.5 Å². The highest BCUT2D eigenvalue weighted by atomic mass is 32.2. The highest BCUT2D eigenvalue weighted by molar-refractivity contribution is 7.92. The van der Waals surface area contributed by atoms with Crippen molar-refractivity contribution in [2.45, 2.75) is 31.6 Å². The SMILES string of the molecule is Cc1c(C(C)C)c(=O)n(-c2ccc(S(=O)(=O)Nc3cccc4ccccc34)cc2)n1C. The highest BCUT2D eigenvalue weighted by Gasteiger charge is 2.20. The molecule has 4 rings (SSSR count). The third-order valence-corrected chi connectivity index (χ3v) is 6.98. The summed E-state index contributed by atoms with van der Waals surface area (Å²) in [6.45, 7) is 5.89. The van der Waals surface area contributed by atoms with Crippen molar-refractivity contribution in [2.24, 2.45) is 7.05 Å². The molecule has 6 nitrogen and oxygen atoms in total. The first-order valence-electron chi connectivity index (χ1n) is 10.1. The molecule has 7 heteroatoms. The molecule has 1 N–H and O–H groups in total. The molecular weight excluding hydrogens is 410 g/mol. The van der Waals surface area contributed by atoms with Crippen LogP contribution in [0.5, 0.6) is 0 Å². The van der Waals surface area contributed by atoms with Gasteiger partial charge in [0, 0.05) is 23.7 Å². The van der Waals surface area contributed by atoms with Crippen LogP contribution in [0.4, 0.5) is 5.69 Å². The molecule has 0 aliphatic carbocycles. The number of nitrogens with zero attached hydrogens (tertiary/aromatic N) is 2. The topological polar surface area (TPSA) is 73.1 Å². The van der Waals surface area contributed by atoms with Gasteiger partial charge < -0.3 is 0 Å². The average Bonchev–Trinajstić information content (AvgIpc) is 2.96. The number of sulfonamides is 1. The van der Waals surface area contributed by atoms with Crippen LogP contribution in [-0.4, -0.2) is 17.8 Å². The van der Waals surface area contributed by atoms with Crippen molar-refractivity contribution in [3.05, 3.63) is 88.3 Å². The van der Waals surface area contributed by atoms with Crippen molar-refractivity contribution in [2.75, 3.05) is 4.72 Å². The average molecular weight is 436 g/mol. The number of anilines is 1. The van der Waals surface area contributed by atoms with Crippen LogP contribution < -0.4 is 10.3 Å². The zero-order valence-electron chi connectivity index (χ0n) is 18.0. The van der Waals surface area contributed by atoms with Gasteiger partial charge in [-0.2, -0.15) is 0 Å². The summed E-state index contributed by atoms with van der Waals surface area (Å²) < 4.78 is 32.0. The Bertz CT molecular complexity index is 1420. The summed E-state index contributed by atoms with van der Waals surface area (Å²) >= 11 is 0. The van der Waals surface area contributed by atoms with E-state index in [4.69, 9.17) is 0 Å². The maximum Gasteiger partial charge on any atom is 0.275 e. The summed E-state index contributed by atoms with van der Waals surface area (Å²) in [4.78, 5) is 13.0. The first-order valence-corrected chi connectivity index (χ1v) is 11.6. The van der Waals surface area contributed by atoms with Crippen LogP contribution in [0.3, 0.4) is 0 Å². The molecule has 0 unspecified atom stereocenters. The Kier molecular flexibility index (Phi) is 5.23. The van der Waals surface area contributed by atoms with Gasteiger partial charge in [-0.1, -0.05) is 50.2 Å². The van der Waals surface area contributed by atoms with E-state index in [1.54, 1.807) is 27.6 Å². The predicted octanol–water partition coefficient (Wildman–Crippen LogP) is 4.56. The number of hydrogen-bond donors (Lipinski definition) is 1. The van der Waals surface area contributed by atoms with Crippen LogP contribution in [0.15, 0.2) is 76.4 Å². The molecule has 1 aromatic heterocycles. The molecule has 31 heavy (non-hydrogen) atoms. The van der Waals surface area contributed by atoms with Gasteiger partial charge in [-0.15, -0.1) is 0 Å². The molecule has 0 radical (unpaired) electrons. The number of benzene rings is 3. The van der Waals surface area contributed by atoms with E-state index in [-0.39, 0.29) is 16.4 Å². The molecule has 0 aliphatic rings. The molecule has 0 saturated carbocycles. The zero-order valence-corrected chi connectivity index (χ0v) is 18.8. The fraction of sp³-hybridized carbons (Fsp3) is 0.208. The molecule has 1 heterocycles.